The molecule has 4 aromatic rings. The largest absolute Gasteiger partial charge is 0.497 e. The molecule has 116 valence electrons. The van der Waals surface area contributed by atoms with E-state index in [9.17, 15) is 0 Å². The second-order valence-corrected chi connectivity index (χ2v) is 7.36. The molecule has 0 bridgehead atoms. The minimum absolute atomic E-state index is 0.544. The SMILES string of the molecule is COc1ccc2nc(Nc3nc(-c4csc(N)n4)cs3)sc2c1. The van der Waals surface area contributed by atoms with Gasteiger partial charge >= 0.3 is 0 Å². The Morgan fingerprint density at radius 1 is 1.04 bits per heavy atom. The first-order chi connectivity index (χ1) is 11.2. The van der Waals surface area contributed by atoms with Crippen molar-refractivity contribution in [2.45, 2.75) is 0 Å². The van der Waals surface area contributed by atoms with Crippen LogP contribution in [0.4, 0.5) is 15.4 Å². The molecule has 0 fully saturated rings. The lowest BCUT2D eigenvalue weighted by Gasteiger charge is -1.96. The molecule has 0 aliphatic heterocycles. The van der Waals surface area contributed by atoms with E-state index in [0.29, 0.717) is 5.13 Å². The van der Waals surface area contributed by atoms with Crippen LogP contribution >= 0.6 is 34.0 Å². The summed E-state index contributed by atoms with van der Waals surface area (Å²) in [6, 6.07) is 5.82. The van der Waals surface area contributed by atoms with Crippen molar-refractivity contribution in [3.63, 3.8) is 0 Å². The Hall–Kier alpha value is -2.23. The summed E-state index contributed by atoms with van der Waals surface area (Å²) in [6.45, 7) is 0. The van der Waals surface area contributed by atoms with E-state index in [1.807, 2.05) is 29.0 Å². The summed E-state index contributed by atoms with van der Waals surface area (Å²) in [5, 5.41) is 9.22. The lowest BCUT2D eigenvalue weighted by molar-refractivity contribution is 0.415. The number of anilines is 3. The molecule has 0 aliphatic carbocycles. The Labute approximate surface area is 143 Å². The van der Waals surface area contributed by atoms with Gasteiger partial charge in [-0.2, -0.15) is 0 Å². The number of hydrogen-bond donors (Lipinski definition) is 2. The van der Waals surface area contributed by atoms with E-state index >= 15 is 0 Å². The maximum Gasteiger partial charge on any atom is 0.190 e. The Kier molecular flexibility index (Phi) is 3.60. The zero-order valence-electron chi connectivity index (χ0n) is 11.9. The molecule has 23 heavy (non-hydrogen) atoms. The maximum atomic E-state index is 5.66. The van der Waals surface area contributed by atoms with E-state index < -0.39 is 0 Å². The minimum Gasteiger partial charge on any atom is -0.497 e. The number of nitrogens with one attached hydrogen (secondary N) is 1. The van der Waals surface area contributed by atoms with E-state index in [2.05, 4.69) is 20.3 Å². The maximum absolute atomic E-state index is 5.66. The molecule has 3 aromatic heterocycles. The van der Waals surface area contributed by atoms with Gasteiger partial charge in [-0.3, -0.25) is 0 Å². The van der Waals surface area contributed by atoms with Gasteiger partial charge in [-0.1, -0.05) is 11.3 Å². The fourth-order valence-electron chi connectivity index (χ4n) is 2.03. The van der Waals surface area contributed by atoms with Crippen LogP contribution in [0, 0.1) is 0 Å². The zero-order chi connectivity index (χ0) is 15.8. The van der Waals surface area contributed by atoms with Crippen LogP contribution in [0.1, 0.15) is 0 Å². The summed E-state index contributed by atoms with van der Waals surface area (Å²) < 4.78 is 6.30. The van der Waals surface area contributed by atoms with E-state index in [0.717, 1.165) is 37.6 Å². The van der Waals surface area contributed by atoms with Crippen molar-refractivity contribution in [2.75, 3.05) is 18.2 Å². The number of nitrogens with two attached hydrogens (primary N) is 1. The van der Waals surface area contributed by atoms with Gasteiger partial charge in [0.2, 0.25) is 0 Å². The molecule has 0 spiro atoms. The average Bonchev–Trinajstić information content (AvgIpc) is 3.25. The lowest BCUT2D eigenvalue weighted by atomic mass is 10.3. The average molecular weight is 361 g/mol. The number of nitrogen functional groups attached to an aromatic ring is 1. The van der Waals surface area contributed by atoms with Gasteiger partial charge in [-0.15, -0.1) is 22.7 Å². The highest BCUT2D eigenvalue weighted by Gasteiger charge is 2.10. The quantitative estimate of drug-likeness (QED) is 0.566. The molecule has 0 saturated heterocycles. The van der Waals surface area contributed by atoms with Gasteiger partial charge in [0.05, 0.1) is 17.3 Å². The van der Waals surface area contributed by atoms with Gasteiger partial charge in [-0.25, -0.2) is 15.0 Å². The molecule has 1 aromatic carbocycles. The highest BCUT2D eigenvalue weighted by atomic mass is 32.1. The normalized spacial score (nSPS) is 11.0. The van der Waals surface area contributed by atoms with Gasteiger partial charge in [-0.05, 0) is 18.2 Å². The molecule has 0 atom stereocenters. The summed E-state index contributed by atoms with van der Waals surface area (Å²) in [7, 11) is 1.66. The molecule has 6 nitrogen and oxygen atoms in total. The molecule has 0 radical (unpaired) electrons. The number of thiazole rings is 3. The highest BCUT2D eigenvalue weighted by molar-refractivity contribution is 7.22. The Bertz CT molecular complexity index is 974. The fraction of sp³-hybridized carbons (Fsp3) is 0.0714. The second-order valence-electron chi connectivity index (χ2n) is 4.59. The van der Waals surface area contributed by atoms with Crippen LogP contribution in [0.5, 0.6) is 5.75 Å². The third-order valence-corrected chi connectivity index (χ3v) is 5.46. The number of nitrogens with zero attached hydrogens (tertiary/aromatic N) is 3. The van der Waals surface area contributed by atoms with Crippen LogP contribution in [0.15, 0.2) is 29.0 Å². The van der Waals surface area contributed by atoms with Crippen molar-refractivity contribution in [1.82, 2.24) is 15.0 Å². The molecule has 0 saturated carbocycles. The second kappa shape index (κ2) is 5.76. The number of aromatic nitrogens is 3. The molecule has 0 unspecified atom stereocenters. The smallest absolute Gasteiger partial charge is 0.190 e. The number of fused-ring (bicyclic) bond motifs is 1. The predicted octanol–water partition coefficient (Wildman–Crippen LogP) is 4.21. The van der Waals surface area contributed by atoms with E-state index in [1.165, 1.54) is 22.7 Å². The Morgan fingerprint density at radius 3 is 2.65 bits per heavy atom. The molecule has 4 rings (SSSR count). The number of hydrogen-bond acceptors (Lipinski definition) is 9. The summed E-state index contributed by atoms with van der Waals surface area (Å²) in [6.07, 6.45) is 0. The van der Waals surface area contributed by atoms with Crippen LogP contribution in [0.3, 0.4) is 0 Å². The van der Waals surface area contributed by atoms with E-state index in [4.69, 9.17) is 10.5 Å². The summed E-state index contributed by atoms with van der Waals surface area (Å²) >= 11 is 4.48. The van der Waals surface area contributed by atoms with Crippen LogP contribution in [-0.4, -0.2) is 22.1 Å². The van der Waals surface area contributed by atoms with Crippen LogP contribution in [-0.2, 0) is 0 Å². The molecular formula is C14H11N5OS3. The summed E-state index contributed by atoms with van der Waals surface area (Å²) in [5.74, 6) is 0.824. The van der Waals surface area contributed by atoms with Gasteiger partial charge in [0.15, 0.2) is 15.4 Å². The highest BCUT2D eigenvalue weighted by Crippen LogP contribution is 2.33. The Morgan fingerprint density at radius 2 is 1.87 bits per heavy atom. The van der Waals surface area contributed by atoms with Crippen molar-refractivity contribution in [1.29, 1.82) is 0 Å². The predicted molar refractivity (Wildman–Crippen MR) is 97.1 cm³/mol. The van der Waals surface area contributed by atoms with E-state index in [1.54, 1.807) is 18.4 Å². The van der Waals surface area contributed by atoms with E-state index in [-0.39, 0.29) is 0 Å². The lowest BCUT2D eigenvalue weighted by Crippen LogP contribution is -1.88. The first kappa shape index (κ1) is 14.4. The minimum atomic E-state index is 0.544. The third kappa shape index (κ3) is 2.85. The number of ether oxygens (including phenoxy) is 1. The molecule has 3 N–H and O–H groups in total. The van der Waals surface area contributed by atoms with Crippen LogP contribution in [0.25, 0.3) is 21.6 Å². The number of methoxy groups -OCH3 is 1. The van der Waals surface area contributed by atoms with Crippen molar-refractivity contribution in [3.05, 3.63) is 29.0 Å². The zero-order valence-corrected chi connectivity index (χ0v) is 14.4. The van der Waals surface area contributed by atoms with Gasteiger partial charge in [0.25, 0.3) is 0 Å². The number of benzene rings is 1. The fourth-order valence-corrected chi connectivity index (χ4v) is 4.25. The first-order valence-corrected chi connectivity index (χ1v) is 9.17. The molecule has 9 heteroatoms. The molecule has 3 heterocycles. The van der Waals surface area contributed by atoms with Gasteiger partial charge in [0, 0.05) is 10.8 Å². The van der Waals surface area contributed by atoms with Gasteiger partial charge < -0.3 is 15.8 Å². The standard InChI is InChI=1S/C14H11N5OS3/c1-20-7-2-3-8-11(4-7)23-14(17-8)19-13-18-10(6-22-13)9-5-21-12(15)16-9/h2-6H,1H3,(H2,15,16)(H,17,18,19). The van der Waals surface area contributed by atoms with Crippen LogP contribution < -0.4 is 15.8 Å². The van der Waals surface area contributed by atoms with Crippen molar-refractivity contribution in [2.24, 2.45) is 0 Å². The number of rotatable bonds is 4. The van der Waals surface area contributed by atoms with Crippen LogP contribution in [0.2, 0.25) is 0 Å². The van der Waals surface area contributed by atoms with Crippen molar-refractivity contribution >= 4 is 59.6 Å². The summed E-state index contributed by atoms with van der Waals surface area (Å²) in [4.78, 5) is 13.3. The molecule has 0 amide bonds. The first-order valence-electron chi connectivity index (χ1n) is 6.60. The summed E-state index contributed by atoms with van der Waals surface area (Å²) in [5.41, 5.74) is 8.20. The monoisotopic (exact) mass is 361 g/mol. The topological polar surface area (TPSA) is 86.0 Å². The Balaban J connectivity index is 1.59. The van der Waals surface area contributed by atoms with Crippen molar-refractivity contribution < 1.29 is 4.74 Å². The third-order valence-electron chi connectivity index (χ3n) is 3.10. The molecule has 0 aliphatic rings. The van der Waals surface area contributed by atoms with Crippen molar-refractivity contribution in [3.8, 4) is 17.1 Å². The molecular weight excluding hydrogens is 350 g/mol. The van der Waals surface area contributed by atoms with Gasteiger partial charge in [0.1, 0.15) is 17.1 Å².